The molecule has 1 radical (unpaired) electrons. The van der Waals surface area contributed by atoms with Gasteiger partial charge in [0.2, 0.25) is 0 Å². The summed E-state index contributed by atoms with van der Waals surface area (Å²) >= 11 is 4.69. The van der Waals surface area contributed by atoms with E-state index < -0.39 is 19.9 Å². The molecule has 4 nitrogen and oxygen atoms in total. The molecule has 2 atom stereocenters. The van der Waals surface area contributed by atoms with Gasteiger partial charge in [-0.25, -0.2) is 4.21 Å². The summed E-state index contributed by atoms with van der Waals surface area (Å²) in [5.74, 6) is 0.0590. The normalized spacial score (nSPS) is 32.5. The van der Waals surface area contributed by atoms with Crippen LogP contribution < -0.4 is 0 Å². The van der Waals surface area contributed by atoms with Crippen molar-refractivity contribution in [1.29, 1.82) is 0 Å². The van der Waals surface area contributed by atoms with Gasteiger partial charge in [-0.3, -0.25) is 4.18 Å². The van der Waals surface area contributed by atoms with Crippen LogP contribution in [0.25, 0.3) is 0 Å². The molecule has 95 valence electrons. The fraction of sp³-hybridized carbons (Fsp3) is 1.00. The Morgan fingerprint density at radius 3 is 2.25 bits per heavy atom. The van der Waals surface area contributed by atoms with Crippen LogP contribution in [0.3, 0.4) is 0 Å². The molecule has 1 aliphatic rings. The topological polar surface area (TPSA) is 49.4 Å². The Morgan fingerprint density at radius 2 is 1.94 bits per heavy atom. The van der Waals surface area contributed by atoms with Crippen molar-refractivity contribution in [2.45, 2.75) is 45.2 Å². The largest absolute Gasteiger partial charge is 0.290 e. The molecule has 0 aromatic rings. The third-order valence-corrected chi connectivity index (χ3v) is 4.15. The number of hydroxylamine groups is 2. The molecule has 0 aromatic carbocycles. The van der Waals surface area contributed by atoms with Crippen LogP contribution in [0.5, 0.6) is 0 Å². The van der Waals surface area contributed by atoms with Crippen molar-refractivity contribution in [2.75, 3.05) is 12.9 Å². The monoisotopic (exact) mass is 266 g/mol. The lowest BCUT2D eigenvalue weighted by atomic mass is 9.88. The quantitative estimate of drug-likeness (QED) is 0.777. The number of hydrogen-bond donors (Lipinski definition) is 0. The van der Waals surface area contributed by atoms with E-state index in [4.69, 9.17) is 15.4 Å². The average molecular weight is 266 g/mol. The summed E-state index contributed by atoms with van der Waals surface area (Å²) in [5.41, 5.74) is -0.892. The van der Waals surface area contributed by atoms with Crippen LogP contribution in [0, 0.1) is 5.92 Å². The van der Waals surface area contributed by atoms with Crippen LogP contribution >= 0.6 is 0 Å². The Kier molecular flexibility index (Phi) is 3.73. The zero-order valence-corrected chi connectivity index (χ0v) is 12.1. The molecular weight excluding hydrogens is 246 g/mol. The fourth-order valence-electron chi connectivity index (χ4n) is 2.35. The summed E-state index contributed by atoms with van der Waals surface area (Å²) in [6.45, 7) is 7.90. The maximum Gasteiger partial charge on any atom is 0.141 e. The molecule has 0 spiro atoms. The van der Waals surface area contributed by atoms with Crippen molar-refractivity contribution in [1.82, 2.24) is 5.06 Å². The predicted molar refractivity (Wildman–Crippen MR) is 66.2 cm³/mol. The first-order valence-electron chi connectivity index (χ1n) is 5.29. The molecule has 0 aromatic heterocycles. The minimum Gasteiger partial charge on any atom is -0.290 e. The Hall–Kier alpha value is 0.250. The molecule has 0 saturated carbocycles. The smallest absolute Gasteiger partial charge is 0.141 e. The molecule has 1 rings (SSSR count). The Morgan fingerprint density at radius 1 is 1.44 bits per heavy atom. The Bertz CT molecular complexity index is 362. The molecule has 1 aliphatic heterocycles. The van der Waals surface area contributed by atoms with Crippen molar-refractivity contribution in [3.8, 4) is 0 Å². The molecule has 6 heteroatoms. The number of hydrogen-bond acceptors (Lipinski definition) is 4. The molecule has 2 unspecified atom stereocenters. The van der Waals surface area contributed by atoms with Crippen molar-refractivity contribution in [3.63, 3.8) is 0 Å². The van der Waals surface area contributed by atoms with Crippen LogP contribution in [0.15, 0.2) is 0 Å². The van der Waals surface area contributed by atoms with Crippen molar-refractivity contribution < 1.29 is 13.6 Å². The van der Waals surface area contributed by atoms with Crippen molar-refractivity contribution in [2.24, 2.45) is 5.92 Å². The van der Waals surface area contributed by atoms with Gasteiger partial charge in [0.15, 0.2) is 0 Å². The van der Waals surface area contributed by atoms with Gasteiger partial charge in [-0.1, -0.05) is 0 Å². The third-order valence-electron chi connectivity index (χ3n) is 3.30. The lowest BCUT2D eigenvalue weighted by Gasteiger charge is -2.33. The van der Waals surface area contributed by atoms with Gasteiger partial charge in [-0.15, -0.1) is 10.3 Å². The van der Waals surface area contributed by atoms with Crippen molar-refractivity contribution in [3.05, 3.63) is 0 Å². The second-order valence-electron chi connectivity index (χ2n) is 5.65. The second kappa shape index (κ2) is 4.17. The van der Waals surface area contributed by atoms with E-state index in [9.17, 15) is 9.42 Å². The van der Waals surface area contributed by atoms with E-state index >= 15 is 0 Å². The Labute approximate surface area is 103 Å². The van der Waals surface area contributed by atoms with E-state index in [0.717, 1.165) is 11.5 Å². The van der Waals surface area contributed by atoms with Crippen LogP contribution in [-0.4, -0.2) is 33.2 Å². The van der Waals surface area contributed by atoms with Crippen LogP contribution in [0.1, 0.15) is 34.1 Å². The highest BCUT2D eigenvalue weighted by Crippen LogP contribution is 2.43. The van der Waals surface area contributed by atoms with Gasteiger partial charge in [0.25, 0.3) is 0 Å². The van der Waals surface area contributed by atoms with E-state index in [0.29, 0.717) is 0 Å². The fourth-order valence-corrected chi connectivity index (χ4v) is 2.93. The molecule has 16 heavy (non-hydrogen) atoms. The summed E-state index contributed by atoms with van der Waals surface area (Å²) in [7, 11) is -2.60. The maximum absolute atomic E-state index is 12.0. The van der Waals surface area contributed by atoms with E-state index in [2.05, 4.69) is 0 Å². The maximum atomic E-state index is 12.0. The van der Waals surface area contributed by atoms with E-state index in [-0.39, 0.29) is 12.5 Å². The van der Waals surface area contributed by atoms with Gasteiger partial charge in [-0.2, -0.15) is 0 Å². The first-order valence-corrected chi connectivity index (χ1v) is 8.10. The number of rotatable bonds is 3. The molecule has 0 aliphatic carbocycles. The zero-order chi connectivity index (χ0) is 12.8. The van der Waals surface area contributed by atoms with E-state index in [1.807, 2.05) is 27.7 Å². The molecule has 1 fully saturated rings. The SMILES string of the molecule is CC1(C)CC(COS(C)(=O)=S)C(C)(C)N1[O]. The van der Waals surface area contributed by atoms with Gasteiger partial charge < -0.3 is 0 Å². The first kappa shape index (κ1) is 14.3. The molecular formula is C10H20NO3S2. The molecule has 0 N–H and O–H groups in total. The highest BCUT2D eigenvalue weighted by Gasteiger charge is 2.52. The summed E-state index contributed by atoms with van der Waals surface area (Å²) in [5, 5.41) is 13.2. The van der Waals surface area contributed by atoms with E-state index in [1.165, 1.54) is 6.26 Å². The van der Waals surface area contributed by atoms with Gasteiger partial charge in [0.1, 0.15) is 8.77 Å². The van der Waals surface area contributed by atoms with E-state index in [1.54, 1.807) is 0 Å². The lowest BCUT2D eigenvalue weighted by Crippen LogP contribution is -2.46. The second-order valence-corrected chi connectivity index (χ2v) is 9.11. The summed E-state index contributed by atoms with van der Waals surface area (Å²) < 4.78 is 16.5. The van der Waals surface area contributed by atoms with Gasteiger partial charge in [0, 0.05) is 34.4 Å². The lowest BCUT2D eigenvalue weighted by molar-refractivity contribution is -0.249. The minimum absolute atomic E-state index is 0.0590. The number of nitrogens with zero attached hydrogens (tertiary/aromatic N) is 1. The van der Waals surface area contributed by atoms with Crippen LogP contribution in [0.4, 0.5) is 0 Å². The highest BCUT2D eigenvalue weighted by atomic mass is 32.8. The third kappa shape index (κ3) is 2.92. The first-order chi connectivity index (χ1) is 6.97. The van der Waals surface area contributed by atoms with Gasteiger partial charge in [0.05, 0.1) is 6.61 Å². The molecule has 0 amide bonds. The molecule has 1 heterocycles. The molecule has 1 saturated heterocycles. The minimum atomic E-state index is -2.60. The summed E-state index contributed by atoms with van der Waals surface area (Å²) in [6, 6.07) is 0. The Balaban J connectivity index is 2.77. The van der Waals surface area contributed by atoms with Gasteiger partial charge >= 0.3 is 0 Å². The zero-order valence-electron chi connectivity index (χ0n) is 10.5. The highest BCUT2D eigenvalue weighted by molar-refractivity contribution is 8.29. The summed E-state index contributed by atoms with van der Waals surface area (Å²) in [4.78, 5) is 0. The summed E-state index contributed by atoms with van der Waals surface area (Å²) in [6.07, 6.45) is 2.12. The van der Waals surface area contributed by atoms with Gasteiger partial charge in [-0.05, 0) is 34.1 Å². The van der Waals surface area contributed by atoms with Crippen molar-refractivity contribution >= 4 is 20.0 Å². The van der Waals surface area contributed by atoms with Crippen LogP contribution in [0.2, 0.25) is 0 Å². The average Bonchev–Trinajstić information content (AvgIpc) is 2.22. The predicted octanol–water partition coefficient (Wildman–Crippen LogP) is 1.52. The standard InChI is InChI=1S/C10H20NO3S2/c1-9(2)6-8(7-14-16(5,13)15)10(3,4)11(9)12/h8H,6-7H2,1-5H3. The van der Waals surface area contributed by atoms with Crippen LogP contribution in [-0.2, 0) is 29.4 Å². The molecule has 0 bridgehead atoms.